The number of rotatable bonds is 5. The first-order valence-corrected chi connectivity index (χ1v) is 17.6. The molecule has 1 aromatic carbocycles. The number of hydrogen-bond donors (Lipinski definition) is 2. The molecule has 2 saturated carbocycles. The van der Waals surface area contributed by atoms with Crippen molar-refractivity contribution in [3.05, 3.63) is 53.0 Å². The normalized spacial score (nSPS) is 33.6. The molecule has 1 heterocycles. The molecule has 9 atom stereocenters. The number of hydrogen-bond acceptors (Lipinski definition) is 14. The van der Waals surface area contributed by atoms with E-state index in [1.165, 1.54) is 20.8 Å². The van der Waals surface area contributed by atoms with Gasteiger partial charge in [0.25, 0.3) is 0 Å². The summed E-state index contributed by atoms with van der Waals surface area (Å²) in [6, 6.07) is 8.27. The topological polar surface area (TPSA) is 212 Å². The van der Waals surface area contributed by atoms with Crippen LogP contribution in [0.1, 0.15) is 71.7 Å². The van der Waals surface area contributed by atoms with Crippen molar-refractivity contribution in [3.63, 3.8) is 0 Å². The molecule has 5 rings (SSSR count). The molecule has 2 N–H and O–H groups in total. The van der Waals surface area contributed by atoms with Gasteiger partial charge < -0.3 is 38.5 Å². The Morgan fingerprint density at radius 1 is 1.00 bits per heavy atom. The van der Waals surface area contributed by atoms with E-state index in [0.717, 1.165) is 0 Å². The molecule has 4 aliphatic rings. The number of carbonyl (C=O) groups excluding carboxylic acids is 4. The van der Waals surface area contributed by atoms with E-state index < -0.39 is 98.5 Å². The molecule has 0 aromatic heterocycles. The number of halogens is 3. The van der Waals surface area contributed by atoms with E-state index in [2.05, 4.69) is 0 Å². The lowest BCUT2D eigenvalue weighted by atomic mass is 9.47. The Balaban J connectivity index is 0.000000677. The largest absolute Gasteiger partial charge is 0.741 e. The van der Waals surface area contributed by atoms with Gasteiger partial charge in [0, 0.05) is 39.0 Å². The van der Waals surface area contributed by atoms with Gasteiger partial charge in [-0.15, -0.1) is 0 Å². The van der Waals surface area contributed by atoms with Crippen LogP contribution in [-0.4, -0.2) is 101 Å². The SMILES string of the molecule is CC(=O)O[C@H]1C[C@@]2(O)[C@@H](OC(=O)c3ccccc3)[C@H]3[C+]([C@@H](O)[C@H](OC(C)=O)C(=C1C)C2(C)C)[C@@H](C)C[C@H]1OC[C@@]31OC(C)=O.O=S(=O)([O-])C(F)(F)F. The third-order valence-corrected chi connectivity index (χ3v) is 11.0. The van der Waals surface area contributed by atoms with Crippen molar-refractivity contribution < 1.29 is 79.2 Å². The van der Waals surface area contributed by atoms with Crippen LogP contribution >= 0.6 is 0 Å². The Bertz CT molecular complexity index is 1710. The van der Waals surface area contributed by atoms with Gasteiger partial charge in [0.15, 0.2) is 28.2 Å². The summed E-state index contributed by atoms with van der Waals surface area (Å²) in [6.07, 6.45) is -5.64. The van der Waals surface area contributed by atoms with Crippen molar-refractivity contribution >= 4 is 34.0 Å². The Labute approximate surface area is 298 Å². The number of fused-ring (bicyclic) bond motifs is 5. The summed E-state index contributed by atoms with van der Waals surface area (Å²) in [4.78, 5) is 51.3. The van der Waals surface area contributed by atoms with Gasteiger partial charge in [-0.1, -0.05) is 32.0 Å². The molecule has 52 heavy (non-hydrogen) atoms. The lowest BCUT2D eigenvalue weighted by Gasteiger charge is -2.62. The molecule has 14 nitrogen and oxygen atoms in total. The highest BCUT2D eigenvalue weighted by atomic mass is 32.2. The molecular formula is C34H41F3O14S. The van der Waals surface area contributed by atoms with Crippen LogP contribution < -0.4 is 0 Å². The van der Waals surface area contributed by atoms with E-state index >= 15 is 0 Å². The summed E-state index contributed by atoms with van der Waals surface area (Å²) < 4.78 is 88.7. The molecule has 288 valence electrons. The highest BCUT2D eigenvalue weighted by Gasteiger charge is 2.79. The number of aliphatic hydroxyl groups excluding tert-OH is 1. The van der Waals surface area contributed by atoms with Crippen LogP contribution in [0.5, 0.6) is 0 Å². The highest BCUT2D eigenvalue weighted by Crippen LogP contribution is 2.63. The van der Waals surface area contributed by atoms with Gasteiger partial charge in [-0.3, -0.25) is 14.4 Å². The Morgan fingerprint density at radius 3 is 2.02 bits per heavy atom. The van der Waals surface area contributed by atoms with Crippen molar-refractivity contribution in [1.29, 1.82) is 0 Å². The molecule has 0 radical (unpaired) electrons. The summed E-state index contributed by atoms with van der Waals surface area (Å²) >= 11 is 0. The second-order valence-corrected chi connectivity index (χ2v) is 15.3. The Morgan fingerprint density at radius 2 is 1.56 bits per heavy atom. The summed E-state index contributed by atoms with van der Waals surface area (Å²) in [5, 5.41) is 25.4. The van der Waals surface area contributed by atoms with Crippen molar-refractivity contribution in [2.75, 3.05) is 6.61 Å². The molecule has 0 amide bonds. The molecule has 18 heteroatoms. The predicted molar refractivity (Wildman–Crippen MR) is 169 cm³/mol. The molecule has 3 fully saturated rings. The van der Waals surface area contributed by atoms with E-state index in [-0.39, 0.29) is 18.6 Å². The lowest BCUT2D eigenvalue weighted by molar-refractivity contribution is -0.317. The minimum atomic E-state index is -6.09. The number of alkyl halides is 3. The zero-order chi connectivity index (χ0) is 39.4. The Hall–Kier alpha value is -3.71. The van der Waals surface area contributed by atoms with E-state index in [9.17, 15) is 42.6 Å². The first kappa shape index (κ1) is 41.1. The number of ether oxygens (including phenoxy) is 5. The van der Waals surface area contributed by atoms with Crippen LogP contribution in [0.4, 0.5) is 13.2 Å². The summed E-state index contributed by atoms with van der Waals surface area (Å²) in [6.45, 7) is 10.6. The fraction of sp³-hybridized carbons (Fsp3) is 0.618. The number of benzene rings is 1. The average Bonchev–Trinajstić information content (AvgIpc) is 3.00. The molecule has 0 unspecified atom stereocenters. The predicted octanol–water partition coefficient (Wildman–Crippen LogP) is 2.91. The van der Waals surface area contributed by atoms with Crippen molar-refractivity contribution in [3.8, 4) is 0 Å². The quantitative estimate of drug-likeness (QED) is 0.110. The van der Waals surface area contributed by atoms with Crippen molar-refractivity contribution in [2.24, 2.45) is 17.3 Å². The summed E-state index contributed by atoms with van der Waals surface area (Å²) in [5.41, 5.74) is -9.30. The molecule has 2 bridgehead atoms. The highest BCUT2D eigenvalue weighted by molar-refractivity contribution is 7.86. The third kappa shape index (κ3) is 7.27. The van der Waals surface area contributed by atoms with Crippen LogP contribution in [0.15, 0.2) is 41.5 Å². The molecule has 1 aliphatic heterocycles. The van der Waals surface area contributed by atoms with Gasteiger partial charge in [-0.25, -0.2) is 13.2 Å². The minimum absolute atomic E-state index is 0.0753. The van der Waals surface area contributed by atoms with Gasteiger partial charge in [-0.2, -0.15) is 13.2 Å². The summed E-state index contributed by atoms with van der Waals surface area (Å²) in [5.74, 6) is -3.71. The fourth-order valence-corrected chi connectivity index (χ4v) is 8.11. The van der Waals surface area contributed by atoms with Crippen LogP contribution in [0.2, 0.25) is 0 Å². The van der Waals surface area contributed by atoms with Gasteiger partial charge in [0.05, 0.1) is 12.2 Å². The average molecular weight is 763 g/mol. The smallest absolute Gasteiger partial charge is 0.485 e. The Kier molecular flexibility index (Phi) is 11.3. The van der Waals surface area contributed by atoms with Crippen LogP contribution in [0, 0.1) is 23.2 Å². The van der Waals surface area contributed by atoms with Crippen LogP contribution in [0.3, 0.4) is 0 Å². The first-order chi connectivity index (χ1) is 23.8. The number of carbonyl (C=O) groups is 4. The number of aliphatic hydroxyl groups is 2. The first-order valence-electron chi connectivity index (χ1n) is 16.2. The van der Waals surface area contributed by atoms with E-state index in [1.54, 1.807) is 51.1 Å². The standard InChI is InChI=1S/C33H41O11.CHF3O3S/c1-16-13-23-32(15-40-23,44-20(5)36)26-24(16)27(37)28(42-19(4)35)25-17(2)22(41-18(3)34)14-33(39,31(25,6)7)29(26)43-30(38)21-11-9-8-10-12-21;2-1(3,4)8(5,6)7/h8-12,16,22-23,26-29,37,39H,13-15H2,1-7H3;(H,5,6,7)/q+1;/p-1/t16-,22-,23+,26+,27+,28+,29-,32-,33+;/m0./s1. The molecule has 1 saturated heterocycles. The van der Waals surface area contributed by atoms with Gasteiger partial charge >= 0.3 is 29.4 Å². The second-order valence-electron chi connectivity index (χ2n) is 14.0. The molecule has 1 aromatic rings. The monoisotopic (exact) mass is 762 g/mol. The van der Waals surface area contributed by atoms with Crippen molar-refractivity contribution in [1.82, 2.24) is 0 Å². The van der Waals surface area contributed by atoms with Gasteiger partial charge in [-0.05, 0) is 37.1 Å². The molecular weight excluding hydrogens is 721 g/mol. The molecule has 0 spiro atoms. The summed E-state index contributed by atoms with van der Waals surface area (Å²) in [7, 11) is -6.09. The van der Waals surface area contributed by atoms with E-state index in [4.69, 9.17) is 36.7 Å². The fourth-order valence-electron chi connectivity index (χ4n) is 8.11. The lowest BCUT2D eigenvalue weighted by Crippen LogP contribution is -2.78. The van der Waals surface area contributed by atoms with Gasteiger partial charge in [0.2, 0.25) is 11.7 Å². The van der Waals surface area contributed by atoms with Crippen molar-refractivity contribution in [2.45, 2.75) is 109 Å². The second kappa shape index (κ2) is 14.3. The zero-order valence-corrected chi connectivity index (χ0v) is 30.2. The third-order valence-electron chi connectivity index (χ3n) is 10.4. The van der Waals surface area contributed by atoms with Crippen LogP contribution in [-0.2, 0) is 48.2 Å². The van der Waals surface area contributed by atoms with Gasteiger partial charge in [0.1, 0.15) is 29.6 Å². The molecule has 3 aliphatic carbocycles. The van der Waals surface area contributed by atoms with E-state index in [0.29, 0.717) is 23.5 Å². The maximum atomic E-state index is 13.8. The maximum absolute atomic E-state index is 13.8. The van der Waals surface area contributed by atoms with Crippen LogP contribution in [0.25, 0.3) is 0 Å². The maximum Gasteiger partial charge on any atom is 0.485 e. The number of esters is 4. The minimum Gasteiger partial charge on any atom is -0.741 e. The zero-order valence-electron chi connectivity index (χ0n) is 29.4. The van der Waals surface area contributed by atoms with E-state index in [1.807, 2.05) is 6.92 Å².